The summed E-state index contributed by atoms with van der Waals surface area (Å²) in [5.74, 6) is 0.579. The molecule has 0 bridgehead atoms. The lowest BCUT2D eigenvalue weighted by Gasteiger charge is -2.23. The van der Waals surface area contributed by atoms with E-state index in [-0.39, 0.29) is 12.0 Å². The van der Waals surface area contributed by atoms with Gasteiger partial charge in [0.1, 0.15) is 0 Å². The van der Waals surface area contributed by atoms with Crippen LogP contribution in [0.3, 0.4) is 0 Å². The molecule has 102 valence electrons. The van der Waals surface area contributed by atoms with Crippen LogP contribution in [0, 0.1) is 5.41 Å². The van der Waals surface area contributed by atoms with E-state index in [4.69, 9.17) is 5.11 Å². The first-order valence-corrected chi connectivity index (χ1v) is 6.59. The van der Waals surface area contributed by atoms with Crippen molar-refractivity contribution in [3.63, 3.8) is 0 Å². The summed E-state index contributed by atoms with van der Waals surface area (Å²) in [6.07, 6.45) is 2.48. The molecule has 0 saturated heterocycles. The number of rotatable bonds is 7. The van der Waals surface area contributed by atoms with Crippen molar-refractivity contribution in [1.82, 2.24) is 15.2 Å². The maximum absolute atomic E-state index is 8.98. The minimum atomic E-state index is 0.0217. The average molecular weight is 252 g/mol. The molecule has 1 aromatic rings. The summed E-state index contributed by atoms with van der Waals surface area (Å²) in [7, 11) is 0. The Labute approximate surface area is 109 Å². The number of nitrogens with zero attached hydrogens (tertiary/aromatic N) is 3. The van der Waals surface area contributed by atoms with Crippen LogP contribution in [0.1, 0.15) is 45.5 Å². The van der Waals surface area contributed by atoms with Gasteiger partial charge in [-0.15, -0.1) is 5.10 Å². The largest absolute Gasteiger partial charge is 0.396 e. The first kappa shape index (κ1) is 14.8. The molecule has 0 aliphatic rings. The maximum atomic E-state index is 8.98. The quantitative estimate of drug-likeness (QED) is 0.774. The predicted molar refractivity (Wildman–Crippen MR) is 72.6 cm³/mol. The molecule has 0 spiro atoms. The van der Waals surface area contributed by atoms with Crippen molar-refractivity contribution in [3.05, 3.63) is 11.4 Å². The Morgan fingerprint density at radius 2 is 1.78 bits per heavy atom. The van der Waals surface area contributed by atoms with Gasteiger partial charge in [0.15, 0.2) is 0 Å². The molecular formula is C13H24N4O. The number of hydrogen-bond donors (Lipinski definition) is 2. The van der Waals surface area contributed by atoms with E-state index in [9.17, 15) is 0 Å². The fourth-order valence-electron chi connectivity index (χ4n) is 1.72. The summed E-state index contributed by atoms with van der Waals surface area (Å²) in [5.41, 5.74) is 2.00. The van der Waals surface area contributed by atoms with Gasteiger partial charge in [-0.2, -0.15) is 5.10 Å². The number of aliphatic hydroxyl groups excluding tert-OH is 1. The lowest BCUT2D eigenvalue weighted by atomic mass is 9.90. The second kappa shape index (κ2) is 6.64. The van der Waals surface area contributed by atoms with Crippen LogP contribution in [0.4, 0.5) is 5.95 Å². The summed E-state index contributed by atoms with van der Waals surface area (Å²) >= 11 is 0. The highest BCUT2D eigenvalue weighted by molar-refractivity contribution is 5.26. The second-order valence-corrected chi connectivity index (χ2v) is 5.23. The fourth-order valence-corrected chi connectivity index (χ4v) is 1.72. The molecule has 0 unspecified atom stereocenters. The lowest BCUT2D eigenvalue weighted by Crippen LogP contribution is -2.25. The molecule has 2 N–H and O–H groups in total. The Kier molecular flexibility index (Phi) is 5.47. The van der Waals surface area contributed by atoms with Crippen molar-refractivity contribution in [2.24, 2.45) is 5.41 Å². The normalized spacial score (nSPS) is 11.6. The van der Waals surface area contributed by atoms with Gasteiger partial charge in [-0.1, -0.05) is 27.7 Å². The molecule has 0 saturated carbocycles. The molecule has 0 aliphatic carbocycles. The molecule has 1 aromatic heterocycles. The highest BCUT2D eigenvalue weighted by Gasteiger charge is 2.17. The van der Waals surface area contributed by atoms with E-state index in [2.05, 4.69) is 48.2 Å². The van der Waals surface area contributed by atoms with Crippen LogP contribution in [0.5, 0.6) is 0 Å². The standard InChI is InChI=1S/C13H24N4O/c1-5-10-11(6-2)16-17-12(15-10)14-9-13(3,4)7-8-18/h18H,5-9H2,1-4H3,(H,14,15,17). The first-order chi connectivity index (χ1) is 8.52. The van der Waals surface area contributed by atoms with Gasteiger partial charge in [0.05, 0.1) is 11.4 Å². The van der Waals surface area contributed by atoms with Crippen LogP contribution in [-0.4, -0.2) is 33.4 Å². The van der Waals surface area contributed by atoms with E-state index < -0.39 is 0 Å². The summed E-state index contributed by atoms with van der Waals surface area (Å²) < 4.78 is 0. The van der Waals surface area contributed by atoms with Gasteiger partial charge in [-0.3, -0.25) is 0 Å². The van der Waals surface area contributed by atoms with Crippen molar-refractivity contribution in [1.29, 1.82) is 0 Å². The van der Waals surface area contributed by atoms with E-state index in [1.165, 1.54) is 0 Å². The molecule has 0 atom stereocenters. The van der Waals surface area contributed by atoms with Crippen LogP contribution >= 0.6 is 0 Å². The number of aromatic nitrogens is 3. The minimum Gasteiger partial charge on any atom is -0.396 e. The van der Waals surface area contributed by atoms with Crippen molar-refractivity contribution in [2.75, 3.05) is 18.5 Å². The zero-order valence-electron chi connectivity index (χ0n) is 11.8. The van der Waals surface area contributed by atoms with Crippen LogP contribution in [0.2, 0.25) is 0 Å². The van der Waals surface area contributed by atoms with Gasteiger partial charge < -0.3 is 10.4 Å². The molecule has 5 heteroatoms. The number of aliphatic hydroxyl groups is 1. The lowest BCUT2D eigenvalue weighted by molar-refractivity contribution is 0.220. The highest BCUT2D eigenvalue weighted by atomic mass is 16.3. The Balaban J connectivity index is 2.68. The van der Waals surface area contributed by atoms with Crippen LogP contribution in [0.15, 0.2) is 0 Å². The molecule has 0 radical (unpaired) electrons. The highest BCUT2D eigenvalue weighted by Crippen LogP contribution is 2.19. The van der Waals surface area contributed by atoms with Crippen LogP contribution in [-0.2, 0) is 12.8 Å². The van der Waals surface area contributed by atoms with E-state index in [1.54, 1.807) is 0 Å². The maximum Gasteiger partial charge on any atom is 0.242 e. The first-order valence-electron chi connectivity index (χ1n) is 6.59. The zero-order valence-corrected chi connectivity index (χ0v) is 11.8. The van der Waals surface area contributed by atoms with Gasteiger partial charge in [0.25, 0.3) is 0 Å². The van der Waals surface area contributed by atoms with Crippen LogP contribution < -0.4 is 5.32 Å². The van der Waals surface area contributed by atoms with Gasteiger partial charge in [0.2, 0.25) is 5.95 Å². The Bertz CT molecular complexity index is 379. The molecule has 1 heterocycles. The third-order valence-corrected chi connectivity index (χ3v) is 3.02. The topological polar surface area (TPSA) is 70.9 Å². The molecule has 0 aliphatic heterocycles. The minimum absolute atomic E-state index is 0.0217. The smallest absolute Gasteiger partial charge is 0.242 e. The number of hydrogen-bond acceptors (Lipinski definition) is 5. The third kappa shape index (κ3) is 4.22. The molecule has 5 nitrogen and oxygen atoms in total. The molecular weight excluding hydrogens is 228 g/mol. The van der Waals surface area contributed by atoms with Crippen LogP contribution in [0.25, 0.3) is 0 Å². The zero-order chi connectivity index (χ0) is 13.6. The second-order valence-electron chi connectivity index (χ2n) is 5.23. The van der Waals surface area contributed by atoms with Crippen molar-refractivity contribution in [3.8, 4) is 0 Å². The van der Waals surface area contributed by atoms with E-state index in [0.29, 0.717) is 5.95 Å². The van der Waals surface area contributed by atoms with Gasteiger partial charge in [-0.05, 0) is 24.7 Å². The summed E-state index contributed by atoms with van der Waals surface area (Å²) in [6.45, 7) is 9.26. The summed E-state index contributed by atoms with van der Waals surface area (Å²) in [5, 5.41) is 20.5. The van der Waals surface area contributed by atoms with Gasteiger partial charge >= 0.3 is 0 Å². The van der Waals surface area contributed by atoms with E-state index in [1.807, 2.05) is 0 Å². The van der Waals surface area contributed by atoms with E-state index in [0.717, 1.165) is 37.2 Å². The molecule has 1 rings (SSSR count). The van der Waals surface area contributed by atoms with Gasteiger partial charge in [-0.25, -0.2) is 4.98 Å². The predicted octanol–water partition coefficient (Wildman–Crippen LogP) is 1.82. The SMILES string of the molecule is CCc1nnc(NCC(C)(C)CCO)nc1CC. The summed E-state index contributed by atoms with van der Waals surface area (Å²) in [6, 6.07) is 0. The molecule has 18 heavy (non-hydrogen) atoms. The number of nitrogens with one attached hydrogen (secondary N) is 1. The average Bonchev–Trinajstić information content (AvgIpc) is 2.36. The summed E-state index contributed by atoms with van der Waals surface area (Å²) in [4.78, 5) is 4.48. The number of aryl methyl sites for hydroxylation is 2. The third-order valence-electron chi connectivity index (χ3n) is 3.02. The molecule has 0 aromatic carbocycles. The Morgan fingerprint density at radius 3 is 2.33 bits per heavy atom. The Hall–Kier alpha value is -1.23. The van der Waals surface area contributed by atoms with Crippen molar-refractivity contribution in [2.45, 2.75) is 47.0 Å². The van der Waals surface area contributed by atoms with E-state index >= 15 is 0 Å². The van der Waals surface area contributed by atoms with Gasteiger partial charge in [0, 0.05) is 13.2 Å². The molecule has 0 fully saturated rings. The Morgan fingerprint density at radius 1 is 1.11 bits per heavy atom. The number of anilines is 1. The van der Waals surface area contributed by atoms with Crippen molar-refractivity contribution >= 4 is 5.95 Å². The monoisotopic (exact) mass is 252 g/mol. The fraction of sp³-hybridized carbons (Fsp3) is 0.769. The molecule has 0 amide bonds. The van der Waals surface area contributed by atoms with Crippen molar-refractivity contribution < 1.29 is 5.11 Å².